The van der Waals surface area contributed by atoms with Crippen molar-refractivity contribution in [2.24, 2.45) is 11.8 Å². The van der Waals surface area contributed by atoms with Crippen molar-refractivity contribution in [3.05, 3.63) is 30.4 Å². The summed E-state index contributed by atoms with van der Waals surface area (Å²) < 4.78 is 1.97. The quantitative estimate of drug-likeness (QED) is 0.301. The lowest BCUT2D eigenvalue weighted by molar-refractivity contribution is -0.140. The average Bonchev–Trinajstić information content (AvgIpc) is 3.40. The molecule has 0 saturated carbocycles. The number of aryl methyl sites for hydroxylation is 1. The number of nitrogens with zero attached hydrogens (tertiary/aromatic N) is 4. The number of rotatable bonds is 13. The van der Waals surface area contributed by atoms with Gasteiger partial charge in [0.2, 0.25) is 17.7 Å². The van der Waals surface area contributed by atoms with Crippen LogP contribution >= 0.6 is 0 Å². The van der Waals surface area contributed by atoms with Gasteiger partial charge < -0.3 is 20.1 Å². The number of hydrogen-bond donors (Lipinski definition) is 2. The Morgan fingerprint density at radius 3 is 2.39 bits per heavy atom. The van der Waals surface area contributed by atoms with Crippen LogP contribution in [0.3, 0.4) is 0 Å². The molecule has 0 bridgehead atoms. The van der Waals surface area contributed by atoms with Gasteiger partial charge in [-0.3, -0.25) is 19.3 Å². The van der Waals surface area contributed by atoms with Crippen LogP contribution in [0.1, 0.15) is 74.1 Å². The van der Waals surface area contributed by atoms with Gasteiger partial charge in [0.15, 0.2) is 0 Å². The number of nitrogens with one attached hydrogen (secondary N) is 2. The largest absolute Gasteiger partial charge is 0.352 e. The summed E-state index contributed by atoms with van der Waals surface area (Å²) in [5.74, 6) is -0.319. The fourth-order valence-electron chi connectivity index (χ4n) is 5.09. The van der Waals surface area contributed by atoms with Crippen LogP contribution in [-0.4, -0.2) is 81.4 Å². The summed E-state index contributed by atoms with van der Waals surface area (Å²) in [5, 5.41) is 6.06. The van der Waals surface area contributed by atoms with Gasteiger partial charge in [-0.05, 0) is 58.4 Å². The van der Waals surface area contributed by atoms with Crippen LogP contribution in [-0.2, 0) is 20.9 Å². The Hall–Kier alpha value is -2.68. The van der Waals surface area contributed by atoms with Gasteiger partial charge in [0.05, 0.1) is 18.4 Å². The lowest BCUT2D eigenvalue weighted by Crippen LogP contribution is -2.58. The predicted molar refractivity (Wildman–Crippen MR) is 151 cm³/mol. The second kappa shape index (κ2) is 15.0. The van der Waals surface area contributed by atoms with Crippen molar-refractivity contribution < 1.29 is 14.4 Å². The van der Waals surface area contributed by atoms with E-state index in [0.717, 1.165) is 38.8 Å². The molecule has 2 N–H and O–H groups in total. The van der Waals surface area contributed by atoms with E-state index in [2.05, 4.69) is 34.4 Å². The molecule has 38 heavy (non-hydrogen) atoms. The summed E-state index contributed by atoms with van der Waals surface area (Å²) in [4.78, 5) is 47.7. The molecular formula is C29H50N6O3. The molecule has 2 rings (SSSR count). The fraction of sp³-hybridized carbons (Fsp3) is 0.724. The standard InChI is InChI=1S/C29H50N6O3/c1-20(2)25(18-23(7)27(36)31-13-11-15-34-17-14-30-19-34)33(8)29(38)26(21(3)4)32-28(37)24-12-9-10-16-35(24)22(5)6/h14,17-22,24-26H,9-13,15-16H2,1-8H3,(H,31,36)(H,32,37)/t24?,25-,26+/m1/s1. The van der Waals surface area contributed by atoms with E-state index in [0.29, 0.717) is 12.1 Å². The van der Waals surface area contributed by atoms with Crippen molar-refractivity contribution in [2.75, 3.05) is 20.1 Å². The molecule has 1 aromatic rings. The maximum atomic E-state index is 13.7. The number of aromatic nitrogens is 2. The summed E-state index contributed by atoms with van der Waals surface area (Å²) in [5.41, 5.74) is 0.575. The Morgan fingerprint density at radius 2 is 1.82 bits per heavy atom. The third-order valence-electron chi connectivity index (χ3n) is 7.44. The molecule has 1 aliphatic heterocycles. The van der Waals surface area contributed by atoms with Crippen molar-refractivity contribution in [2.45, 2.75) is 105 Å². The Kier molecular flexibility index (Phi) is 12.5. The minimum atomic E-state index is -0.629. The highest BCUT2D eigenvalue weighted by molar-refractivity contribution is 5.93. The maximum Gasteiger partial charge on any atom is 0.246 e. The molecule has 3 atom stereocenters. The Morgan fingerprint density at radius 1 is 1.11 bits per heavy atom. The maximum absolute atomic E-state index is 13.7. The first-order valence-corrected chi connectivity index (χ1v) is 14.2. The molecule has 1 aliphatic rings. The molecule has 9 nitrogen and oxygen atoms in total. The SMILES string of the molecule is CC(=C[C@H](C(C)C)N(C)C(=O)[C@@H](NC(=O)C1CCCCN1C(C)C)C(C)C)C(=O)NCCCn1ccnc1. The van der Waals surface area contributed by atoms with Gasteiger partial charge in [-0.25, -0.2) is 4.98 Å². The third kappa shape index (κ3) is 8.96. The summed E-state index contributed by atoms with van der Waals surface area (Å²) >= 11 is 0. The minimum Gasteiger partial charge on any atom is -0.352 e. The number of carbonyl (C=O) groups excluding carboxylic acids is 3. The first-order valence-electron chi connectivity index (χ1n) is 14.2. The van der Waals surface area contributed by atoms with Crippen molar-refractivity contribution in [3.8, 4) is 0 Å². The molecule has 1 unspecified atom stereocenters. The molecule has 1 saturated heterocycles. The van der Waals surface area contributed by atoms with Crippen LogP contribution in [0, 0.1) is 11.8 Å². The van der Waals surface area contributed by atoms with E-state index in [1.807, 2.05) is 44.5 Å². The first-order chi connectivity index (χ1) is 17.9. The topological polar surface area (TPSA) is 99.6 Å². The molecule has 214 valence electrons. The normalized spacial score (nSPS) is 18.5. The number of carbonyl (C=O) groups is 3. The lowest BCUT2D eigenvalue weighted by atomic mass is 9.95. The monoisotopic (exact) mass is 530 g/mol. The van der Waals surface area contributed by atoms with Crippen LogP contribution in [0.4, 0.5) is 0 Å². The number of imidazole rings is 1. The van der Waals surface area contributed by atoms with E-state index in [9.17, 15) is 14.4 Å². The molecule has 1 fully saturated rings. The van der Waals surface area contributed by atoms with E-state index < -0.39 is 6.04 Å². The van der Waals surface area contributed by atoms with Crippen LogP contribution < -0.4 is 10.6 Å². The van der Waals surface area contributed by atoms with Gasteiger partial charge in [-0.2, -0.15) is 0 Å². The molecule has 0 spiro atoms. The Balaban J connectivity index is 2.05. The molecule has 3 amide bonds. The van der Waals surface area contributed by atoms with Gasteiger partial charge in [-0.1, -0.05) is 40.2 Å². The van der Waals surface area contributed by atoms with Crippen molar-refractivity contribution >= 4 is 17.7 Å². The lowest BCUT2D eigenvalue weighted by Gasteiger charge is -2.39. The zero-order chi connectivity index (χ0) is 28.4. The molecule has 0 aromatic carbocycles. The molecule has 9 heteroatoms. The van der Waals surface area contributed by atoms with Crippen molar-refractivity contribution in [1.82, 2.24) is 30.0 Å². The summed E-state index contributed by atoms with van der Waals surface area (Å²) in [7, 11) is 1.77. The van der Waals surface area contributed by atoms with Crippen molar-refractivity contribution in [3.63, 3.8) is 0 Å². The zero-order valence-corrected chi connectivity index (χ0v) is 24.7. The van der Waals surface area contributed by atoms with Crippen LogP contribution in [0.2, 0.25) is 0 Å². The minimum absolute atomic E-state index is 0.0678. The molecule has 0 radical (unpaired) electrons. The number of likely N-dealkylation sites (N-methyl/N-ethyl adjacent to an activating group) is 1. The van der Waals surface area contributed by atoms with Crippen LogP contribution in [0.25, 0.3) is 0 Å². The van der Waals surface area contributed by atoms with Gasteiger partial charge >= 0.3 is 0 Å². The van der Waals surface area contributed by atoms with E-state index >= 15 is 0 Å². The van der Waals surface area contributed by atoms with Crippen molar-refractivity contribution in [1.29, 1.82) is 0 Å². The fourth-order valence-corrected chi connectivity index (χ4v) is 5.09. The van der Waals surface area contributed by atoms with E-state index in [1.54, 1.807) is 31.4 Å². The van der Waals surface area contributed by atoms with E-state index in [4.69, 9.17) is 0 Å². The van der Waals surface area contributed by atoms with E-state index in [1.165, 1.54) is 0 Å². The highest BCUT2D eigenvalue weighted by Gasteiger charge is 2.36. The van der Waals surface area contributed by atoms with E-state index in [-0.39, 0.29) is 47.7 Å². The number of hydrogen-bond acceptors (Lipinski definition) is 5. The third-order valence-corrected chi connectivity index (χ3v) is 7.44. The Bertz CT molecular complexity index is 925. The number of amides is 3. The smallest absolute Gasteiger partial charge is 0.246 e. The highest BCUT2D eigenvalue weighted by Crippen LogP contribution is 2.21. The summed E-state index contributed by atoms with van der Waals surface area (Å²) in [6, 6.07) is -0.837. The predicted octanol–water partition coefficient (Wildman–Crippen LogP) is 3.22. The second-order valence-electron chi connectivity index (χ2n) is 11.5. The molecule has 1 aromatic heterocycles. The number of likely N-dealkylation sites (tertiary alicyclic amines) is 1. The van der Waals surface area contributed by atoms with Gasteiger partial charge in [-0.15, -0.1) is 0 Å². The van der Waals surface area contributed by atoms with Crippen LogP contribution in [0.5, 0.6) is 0 Å². The molecular weight excluding hydrogens is 480 g/mol. The van der Waals surface area contributed by atoms with Crippen LogP contribution in [0.15, 0.2) is 30.4 Å². The average molecular weight is 531 g/mol. The molecule has 2 heterocycles. The van der Waals surface area contributed by atoms with Gasteiger partial charge in [0, 0.05) is 44.1 Å². The highest BCUT2D eigenvalue weighted by atomic mass is 16.2. The van der Waals surface area contributed by atoms with Gasteiger partial charge in [0.1, 0.15) is 6.04 Å². The summed E-state index contributed by atoms with van der Waals surface area (Å²) in [6.07, 6.45) is 11.0. The Labute approximate surface area is 229 Å². The number of piperidine rings is 1. The van der Waals surface area contributed by atoms with Gasteiger partial charge in [0.25, 0.3) is 0 Å². The zero-order valence-electron chi connectivity index (χ0n) is 24.7. The second-order valence-corrected chi connectivity index (χ2v) is 11.5. The first kappa shape index (κ1) is 31.5. The molecule has 0 aliphatic carbocycles. The summed E-state index contributed by atoms with van der Waals surface area (Å²) in [6.45, 7) is 16.2.